The van der Waals surface area contributed by atoms with Crippen LogP contribution in [0, 0.1) is 0 Å². The van der Waals surface area contributed by atoms with Crippen molar-refractivity contribution in [3.63, 3.8) is 0 Å². The third kappa shape index (κ3) is 3.74. The summed E-state index contributed by atoms with van der Waals surface area (Å²) in [6.07, 6.45) is 2.06. The largest absolute Gasteiger partial charge is 0.337 e. The maximum atomic E-state index is 12.6. The number of nitrogens with one attached hydrogen (secondary N) is 2. The predicted octanol–water partition coefficient (Wildman–Crippen LogP) is 2.90. The van der Waals surface area contributed by atoms with Crippen LogP contribution in [0.5, 0.6) is 0 Å². The number of rotatable bonds is 5. The molecule has 0 bridgehead atoms. The summed E-state index contributed by atoms with van der Waals surface area (Å²) in [5.41, 5.74) is 1.63. The second-order valence-corrected chi connectivity index (χ2v) is 4.92. The minimum atomic E-state index is -0.179. The first-order valence-electron chi connectivity index (χ1n) is 7.37. The van der Waals surface area contributed by atoms with Gasteiger partial charge in [0.2, 0.25) is 0 Å². The molecule has 6 nitrogen and oxygen atoms in total. The maximum absolute atomic E-state index is 12.6. The fraction of sp³-hybridized carbons (Fsp3) is 0.118. The van der Waals surface area contributed by atoms with Crippen LogP contribution >= 0.6 is 0 Å². The van der Waals surface area contributed by atoms with Crippen molar-refractivity contribution < 1.29 is 4.79 Å². The Kier molecular flexibility index (Phi) is 4.63. The first-order chi connectivity index (χ1) is 11.3. The number of hydrogen-bond donors (Lipinski definition) is 2. The molecule has 1 aromatic heterocycles. The van der Waals surface area contributed by atoms with Crippen molar-refractivity contribution in [1.82, 2.24) is 20.5 Å². The van der Waals surface area contributed by atoms with E-state index in [-0.39, 0.29) is 6.03 Å². The Morgan fingerprint density at radius 3 is 2.13 bits per heavy atom. The number of carbonyl (C=O) groups is 1. The molecular formula is C17H17N5O. The molecule has 0 fully saturated rings. The van der Waals surface area contributed by atoms with Gasteiger partial charge in [0.1, 0.15) is 12.2 Å². The molecule has 2 amide bonds. The standard InChI is InChI=1S/C17H17N5O/c23-17(18-12-11-16-19-13-20-21-16)22(14-7-3-1-4-8-14)15-9-5-2-6-10-15/h1-10,13H,11-12H2,(H,18,23)(H,19,20,21). The highest BCUT2D eigenvalue weighted by Gasteiger charge is 2.17. The molecule has 3 aromatic rings. The molecule has 0 spiro atoms. The predicted molar refractivity (Wildman–Crippen MR) is 88.5 cm³/mol. The second kappa shape index (κ2) is 7.22. The first-order valence-corrected chi connectivity index (χ1v) is 7.37. The van der Waals surface area contributed by atoms with E-state index < -0.39 is 0 Å². The number of nitrogens with zero attached hydrogens (tertiary/aromatic N) is 3. The van der Waals surface area contributed by atoms with Crippen LogP contribution in [-0.2, 0) is 6.42 Å². The number of carbonyl (C=O) groups excluding carboxylic acids is 1. The molecule has 6 heteroatoms. The maximum Gasteiger partial charge on any atom is 0.326 e. The number of hydrogen-bond acceptors (Lipinski definition) is 3. The molecule has 23 heavy (non-hydrogen) atoms. The van der Waals surface area contributed by atoms with Gasteiger partial charge >= 0.3 is 6.03 Å². The van der Waals surface area contributed by atoms with Gasteiger partial charge in [-0.05, 0) is 24.3 Å². The lowest BCUT2D eigenvalue weighted by atomic mass is 10.2. The van der Waals surface area contributed by atoms with Crippen molar-refractivity contribution in [1.29, 1.82) is 0 Å². The fourth-order valence-corrected chi connectivity index (χ4v) is 2.26. The molecule has 116 valence electrons. The Hall–Kier alpha value is -3.15. The SMILES string of the molecule is O=C(NCCc1ncn[nH]1)N(c1ccccc1)c1ccccc1. The van der Waals surface area contributed by atoms with Gasteiger partial charge in [-0.25, -0.2) is 9.78 Å². The minimum absolute atomic E-state index is 0.179. The Labute approximate surface area is 134 Å². The van der Waals surface area contributed by atoms with E-state index in [9.17, 15) is 4.79 Å². The number of urea groups is 1. The summed E-state index contributed by atoms with van der Waals surface area (Å²) in [7, 11) is 0. The van der Waals surface area contributed by atoms with Crippen LogP contribution < -0.4 is 10.2 Å². The molecule has 0 aliphatic heterocycles. The summed E-state index contributed by atoms with van der Waals surface area (Å²) in [5.74, 6) is 0.747. The highest BCUT2D eigenvalue weighted by molar-refractivity contribution is 5.99. The van der Waals surface area contributed by atoms with Crippen molar-refractivity contribution in [2.45, 2.75) is 6.42 Å². The first kappa shape index (κ1) is 14.8. The van der Waals surface area contributed by atoms with Gasteiger partial charge < -0.3 is 5.32 Å². The minimum Gasteiger partial charge on any atom is -0.337 e. The van der Waals surface area contributed by atoms with E-state index in [1.54, 1.807) is 4.90 Å². The molecule has 1 heterocycles. The van der Waals surface area contributed by atoms with Gasteiger partial charge in [-0.1, -0.05) is 36.4 Å². The number of H-pyrrole nitrogens is 1. The molecule has 0 saturated heterocycles. The molecule has 2 aromatic carbocycles. The van der Waals surface area contributed by atoms with E-state index in [0.29, 0.717) is 13.0 Å². The van der Waals surface area contributed by atoms with Gasteiger partial charge in [0.15, 0.2) is 0 Å². The van der Waals surface area contributed by atoms with Crippen LogP contribution in [0.25, 0.3) is 0 Å². The quantitative estimate of drug-likeness (QED) is 0.761. The average Bonchev–Trinajstić information content (AvgIpc) is 3.10. The van der Waals surface area contributed by atoms with Crippen LogP contribution in [0.1, 0.15) is 5.82 Å². The lowest BCUT2D eigenvalue weighted by Gasteiger charge is -2.23. The van der Waals surface area contributed by atoms with Gasteiger partial charge in [-0.3, -0.25) is 10.00 Å². The summed E-state index contributed by atoms with van der Waals surface area (Å²) >= 11 is 0. The lowest BCUT2D eigenvalue weighted by Crippen LogP contribution is -2.38. The second-order valence-electron chi connectivity index (χ2n) is 4.92. The molecule has 0 saturated carbocycles. The van der Waals surface area contributed by atoms with Crippen LogP contribution in [0.15, 0.2) is 67.0 Å². The van der Waals surface area contributed by atoms with Crippen LogP contribution in [0.2, 0.25) is 0 Å². The van der Waals surface area contributed by atoms with Crippen LogP contribution in [0.4, 0.5) is 16.2 Å². The van der Waals surface area contributed by atoms with Gasteiger partial charge in [-0.15, -0.1) is 0 Å². The van der Waals surface area contributed by atoms with Gasteiger partial charge in [0, 0.05) is 13.0 Å². The highest BCUT2D eigenvalue weighted by Crippen LogP contribution is 2.24. The molecule has 0 atom stereocenters. The van der Waals surface area contributed by atoms with Gasteiger partial charge in [-0.2, -0.15) is 5.10 Å². The topological polar surface area (TPSA) is 73.9 Å². The zero-order valence-electron chi connectivity index (χ0n) is 12.5. The zero-order valence-corrected chi connectivity index (χ0v) is 12.5. The Bertz CT molecular complexity index is 689. The molecule has 0 radical (unpaired) electrons. The van der Waals surface area contributed by atoms with Crippen molar-refractivity contribution >= 4 is 17.4 Å². The van der Waals surface area contributed by atoms with Crippen molar-refractivity contribution in [2.24, 2.45) is 0 Å². The van der Waals surface area contributed by atoms with Gasteiger partial charge in [0.25, 0.3) is 0 Å². The summed E-state index contributed by atoms with van der Waals surface area (Å²) in [4.78, 5) is 18.3. The fourth-order valence-electron chi connectivity index (χ4n) is 2.26. The number of amides is 2. The molecule has 0 aliphatic rings. The normalized spacial score (nSPS) is 10.3. The van der Waals surface area contributed by atoms with E-state index in [2.05, 4.69) is 20.5 Å². The third-order valence-corrected chi connectivity index (χ3v) is 3.33. The Balaban J connectivity index is 1.74. The number of para-hydroxylation sites is 2. The van der Waals surface area contributed by atoms with E-state index in [0.717, 1.165) is 17.2 Å². The molecular weight excluding hydrogens is 290 g/mol. The summed E-state index contributed by atoms with van der Waals surface area (Å²) in [6, 6.07) is 18.9. The molecule has 3 rings (SSSR count). The van der Waals surface area contributed by atoms with Crippen molar-refractivity contribution in [3.8, 4) is 0 Å². The summed E-state index contributed by atoms with van der Waals surface area (Å²) < 4.78 is 0. The monoisotopic (exact) mass is 307 g/mol. The Morgan fingerprint density at radius 1 is 1.00 bits per heavy atom. The van der Waals surface area contributed by atoms with E-state index in [4.69, 9.17) is 0 Å². The van der Waals surface area contributed by atoms with Crippen molar-refractivity contribution in [3.05, 3.63) is 72.8 Å². The van der Waals surface area contributed by atoms with E-state index in [1.165, 1.54) is 6.33 Å². The number of benzene rings is 2. The van der Waals surface area contributed by atoms with Crippen molar-refractivity contribution in [2.75, 3.05) is 11.4 Å². The number of anilines is 2. The summed E-state index contributed by atoms with van der Waals surface area (Å²) in [6.45, 7) is 0.476. The zero-order chi connectivity index (χ0) is 15.9. The van der Waals surface area contributed by atoms with Crippen LogP contribution in [-0.4, -0.2) is 27.8 Å². The van der Waals surface area contributed by atoms with E-state index in [1.807, 2.05) is 60.7 Å². The highest BCUT2D eigenvalue weighted by atomic mass is 16.2. The number of aromatic amines is 1. The molecule has 0 unspecified atom stereocenters. The molecule has 0 aliphatic carbocycles. The van der Waals surface area contributed by atoms with Gasteiger partial charge in [0.05, 0.1) is 11.4 Å². The summed E-state index contributed by atoms with van der Waals surface area (Å²) in [5, 5.41) is 9.49. The molecule has 2 N–H and O–H groups in total. The average molecular weight is 307 g/mol. The number of aromatic nitrogens is 3. The smallest absolute Gasteiger partial charge is 0.326 e. The third-order valence-electron chi connectivity index (χ3n) is 3.33. The lowest BCUT2D eigenvalue weighted by molar-refractivity contribution is 0.248. The Morgan fingerprint density at radius 2 is 1.61 bits per heavy atom. The van der Waals surface area contributed by atoms with Crippen LogP contribution in [0.3, 0.4) is 0 Å². The van der Waals surface area contributed by atoms with E-state index >= 15 is 0 Å².